The standard InChI is InChI=1S/C21H20ClNO4/c1-12-7-9-14(10-8-12)19(25)17-18(15-5-3-4-6-16(15)22)23(11-13(2)24)21(27)20(17)26/h3-10,13,18,24-25H,11H2,1-2H3/b19-17+. The van der Waals surface area contributed by atoms with Crippen molar-refractivity contribution in [1.29, 1.82) is 0 Å². The highest BCUT2D eigenvalue weighted by molar-refractivity contribution is 6.47. The van der Waals surface area contributed by atoms with Gasteiger partial charge in [-0.25, -0.2) is 0 Å². The van der Waals surface area contributed by atoms with Crippen LogP contribution in [0.15, 0.2) is 54.1 Å². The summed E-state index contributed by atoms with van der Waals surface area (Å²) in [5.74, 6) is -1.82. The minimum atomic E-state index is -0.866. The van der Waals surface area contributed by atoms with Crippen molar-refractivity contribution in [3.8, 4) is 0 Å². The molecule has 3 rings (SSSR count). The van der Waals surface area contributed by atoms with Crippen LogP contribution in [0.5, 0.6) is 0 Å². The molecule has 2 atom stereocenters. The molecule has 1 fully saturated rings. The number of amides is 1. The Bertz CT molecular complexity index is 918. The molecule has 0 saturated carbocycles. The zero-order chi connectivity index (χ0) is 19.7. The van der Waals surface area contributed by atoms with Crippen LogP contribution in [-0.2, 0) is 9.59 Å². The fourth-order valence-electron chi connectivity index (χ4n) is 3.24. The van der Waals surface area contributed by atoms with Crippen LogP contribution in [-0.4, -0.2) is 39.5 Å². The van der Waals surface area contributed by atoms with Gasteiger partial charge < -0.3 is 15.1 Å². The number of hydrogen-bond acceptors (Lipinski definition) is 4. The Morgan fingerprint density at radius 2 is 1.78 bits per heavy atom. The molecule has 0 aromatic heterocycles. The first kappa shape index (κ1) is 19.1. The van der Waals surface area contributed by atoms with Gasteiger partial charge in [0.05, 0.1) is 17.7 Å². The molecule has 1 aliphatic heterocycles. The number of aryl methyl sites for hydroxylation is 1. The third-order valence-corrected chi connectivity index (χ3v) is 4.87. The molecule has 0 radical (unpaired) electrons. The van der Waals surface area contributed by atoms with Crippen molar-refractivity contribution >= 4 is 29.1 Å². The van der Waals surface area contributed by atoms with Crippen molar-refractivity contribution in [2.24, 2.45) is 0 Å². The largest absolute Gasteiger partial charge is 0.507 e. The molecule has 0 bridgehead atoms. The molecule has 1 saturated heterocycles. The van der Waals surface area contributed by atoms with E-state index in [4.69, 9.17) is 11.6 Å². The number of aliphatic hydroxyl groups excluding tert-OH is 2. The van der Waals surface area contributed by atoms with Crippen LogP contribution in [0.2, 0.25) is 5.02 Å². The van der Waals surface area contributed by atoms with Crippen molar-refractivity contribution in [1.82, 2.24) is 4.90 Å². The first-order chi connectivity index (χ1) is 12.8. The Kier molecular flexibility index (Phi) is 5.35. The lowest BCUT2D eigenvalue weighted by Gasteiger charge is -2.27. The van der Waals surface area contributed by atoms with Gasteiger partial charge >= 0.3 is 0 Å². The Morgan fingerprint density at radius 3 is 2.37 bits per heavy atom. The predicted octanol–water partition coefficient (Wildman–Crippen LogP) is 3.45. The smallest absolute Gasteiger partial charge is 0.295 e. The van der Waals surface area contributed by atoms with E-state index >= 15 is 0 Å². The minimum Gasteiger partial charge on any atom is -0.507 e. The summed E-state index contributed by atoms with van der Waals surface area (Å²) < 4.78 is 0. The predicted molar refractivity (Wildman–Crippen MR) is 103 cm³/mol. The fraction of sp³-hybridized carbons (Fsp3) is 0.238. The van der Waals surface area contributed by atoms with Gasteiger partial charge in [-0.2, -0.15) is 0 Å². The zero-order valence-corrected chi connectivity index (χ0v) is 15.8. The van der Waals surface area contributed by atoms with E-state index in [2.05, 4.69) is 0 Å². The quantitative estimate of drug-likeness (QED) is 0.480. The number of aliphatic hydroxyl groups is 2. The molecule has 1 aliphatic rings. The summed E-state index contributed by atoms with van der Waals surface area (Å²) in [6.07, 6.45) is -0.840. The maximum atomic E-state index is 12.7. The number of nitrogens with zero attached hydrogens (tertiary/aromatic N) is 1. The van der Waals surface area contributed by atoms with Crippen molar-refractivity contribution in [3.05, 3.63) is 75.8 Å². The van der Waals surface area contributed by atoms with Crippen molar-refractivity contribution in [2.45, 2.75) is 26.0 Å². The molecule has 2 N–H and O–H groups in total. The lowest BCUT2D eigenvalue weighted by molar-refractivity contribution is -0.140. The van der Waals surface area contributed by atoms with E-state index in [9.17, 15) is 19.8 Å². The summed E-state index contributed by atoms with van der Waals surface area (Å²) >= 11 is 6.32. The van der Waals surface area contributed by atoms with Crippen LogP contribution in [0.25, 0.3) is 5.76 Å². The molecule has 1 heterocycles. The van der Waals surface area contributed by atoms with Crippen molar-refractivity contribution in [2.75, 3.05) is 6.54 Å². The van der Waals surface area contributed by atoms with Gasteiger partial charge in [-0.15, -0.1) is 0 Å². The number of benzene rings is 2. The molecule has 6 heteroatoms. The van der Waals surface area contributed by atoms with Crippen LogP contribution >= 0.6 is 11.6 Å². The number of β-amino-alcohol motifs (C(OH)–C–C–N with tert-alkyl or cyclic N) is 1. The van der Waals surface area contributed by atoms with Crippen LogP contribution < -0.4 is 0 Å². The highest BCUT2D eigenvalue weighted by Crippen LogP contribution is 2.41. The lowest BCUT2D eigenvalue weighted by Crippen LogP contribution is -2.35. The summed E-state index contributed by atoms with van der Waals surface area (Å²) in [5.41, 5.74) is 1.93. The Hall–Kier alpha value is -2.63. The molecule has 2 unspecified atom stereocenters. The second-order valence-corrected chi connectivity index (χ2v) is 7.10. The maximum absolute atomic E-state index is 12.7. The highest BCUT2D eigenvalue weighted by Gasteiger charge is 2.46. The number of likely N-dealkylation sites (tertiary alicyclic amines) is 1. The van der Waals surface area contributed by atoms with Crippen LogP contribution in [0, 0.1) is 6.92 Å². The Balaban J connectivity index is 2.21. The zero-order valence-electron chi connectivity index (χ0n) is 15.0. The number of carbonyl (C=O) groups is 2. The van der Waals surface area contributed by atoms with Gasteiger partial charge in [-0.3, -0.25) is 9.59 Å². The average molecular weight is 386 g/mol. The van der Waals surface area contributed by atoms with E-state index in [1.165, 1.54) is 11.8 Å². The van der Waals surface area contributed by atoms with Crippen LogP contribution in [0.3, 0.4) is 0 Å². The summed E-state index contributed by atoms with van der Waals surface area (Å²) in [6.45, 7) is 3.39. The first-order valence-corrected chi connectivity index (χ1v) is 8.97. The summed E-state index contributed by atoms with van der Waals surface area (Å²) in [7, 11) is 0. The Morgan fingerprint density at radius 1 is 1.15 bits per heavy atom. The van der Waals surface area contributed by atoms with Crippen molar-refractivity contribution < 1.29 is 19.8 Å². The topological polar surface area (TPSA) is 77.8 Å². The molecular formula is C21H20ClNO4. The molecule has 0 spiro atoms. The second kappa shape index (κ2) is 7.55. The normalized spacial score (nSPS) is 20.1. The van der Waals surface area contributed by atoms with E-state index in [0.29, 0.717) is 16.1 Å². The maximum Gasteiger partial charge on any atom is 0.295 e. The minimum absolute atomic E-state index is 0.0300. The lowest BCUT2D eigenvalue weighted by atomic mass is 9.95. The van der Waals surface area contributed by atoms with Crippen LogP contribution in [0.1, 0.15) is 29.7 Å². The average Bonchev–Trinajstić information content (AvgIpc) is 2.86. The SMILES string of the molecule is Cc1ccc(/C(O)=C2\C(=O)C(=O)N(CC(C)O)C2c2ccccc2Cl)cc1. The van der Waals surface area contributed by atoms with Gasteiger partial charge in [0, 0.05) is 17.1 Å². The van der Waals surface area contributed by atoms with Gasteiger partial charge in [0.2, 0.25) is 0 Å². The summed E-state index contributed by atoms with van der Waals surface area (Å²) in [5, 5.41) is 21.0. The molecule has 2 aromatic rings. The number of ketones is 1. The molecule has 5 nitrogen and oxygen atoms in total. The highest BCUT2D eigenvalue weighted by atomic mass is 35.5. The van der Waals surface area contributed by atoms with E-state index in [1.807, 2.05) is 19.1 Å². The summed E-state index contributed by atoms with van der Waals surface area (Å²) in [4.78, 5) is 26.6. The monoisotopic (exact) mass is 385 g/mol. The van der Waals surface area contributed by atoms with Gasteiger partial charge in [0.1, 0.15) is 5.76 Å². The molecule has 1 amide bonds. The third kappa shape index (κ3) is 3.61. The van der Waals surface area contributed by atoms with Crippen LogP contribution in [0.4, 0.5) is 0 Å². The van der Waals surface area contributed by atoms with E-state index < -0.39 is 23.8 Å². The summed E-state index contributed by atoms with van der Waals surface area (Å²) in [6, 6.07) is 13.0. The Labute approximate surface area is 162 Å². The first-order valence-electron chi connectivity index (χ1n) is 8.59. The number of carbonyl (C=O) groups excluding carboxylic acids is 2. The molecular weight excluding hydrogens is 366 g/mol. The van der Waals surface area contributed by atoms with E-state index in [-0.39, 0.29) is 17.9 Å². The van der Waals surface area contributed by atoms with Gasteiger partial charge in [0.15, 0.2) is 0 Å². The number of halogens is 1. The van der Waals surface area contributed by atoms with Crippen molar-refractivity contribution in [3.63, 3.8) is 0 Å². The molecule has 0 aliphatic carbocycles. The third-order valence-electron chi connectivity index (χ3n) is 4.53. The van der Waals surface area contributed by atoms with E-state index in [0.717, 1.165) is 5.56 Å². The fourth-order valence-corrected chi connectivity index (χ4v) is 3.48. The number of hydrogen-bond donors (Lipinski definition) is 2. The molecule has 140 valence electrons. The molecule has 27 heavy (non-hydrogen) atoms. The van der Waals surface area contributed by atoms with E-state index in [1.54, 1.807) is 36.4 Å². The van der Waals surface area contributed by atoms with Gasteiger partial charge in [-0.1, -0.05) is 59.6 Å². The second-order valence-electron chi connectivity index (χ2n) is 6.69. The number of Topliss-reactive ketones (excluding diaryl/α,β-unsaturated/α-hetero) is 1. The van der Waals surface area contributed by atoms with Gasteiger partial charge in [-0.05, 0) is 25.5 Å². The molecule has 2 aromatic carbocycles. The number of rotatable bonds is 4. The van der Waals surface area contributed by atoms with Gasteiger partial charge in [0.25, 0.3) is 11.7 Å².